The topological polar surface area (TPSA) is 33.1 Å². The summed E-state index contributed by atoms with van der Waals surface area (Å²) in [6.07, 6.45) is 2.15. The van der Waals surface area contributed by atoms with Gasteiger partial charge < -0.3 is 5.32 Å². The standard InChI is InChI=1S/C16H22N4/c1-13-3-5-14(6-4-13)16-15(11-19(2)18-16)12-20-9-7-17-8-10-20/h3-6,11,17H,7-10,12H2,1-2H3. The van der Waals surface area contributed by atoms with Gasteiger partial charge in [-0.25, -0.2) is 0 Å². The summed E-state index contributed by atoms with van der Waals surface area (Å²) in [6.45, 7) is 7.49. The van der Waals surface area contributed by atoms with Crippen LogP contribution in [0.4, 0.5) is 0 Å². The van der Waals surface area contributed by atoms with Crippen molar-refractivity contribution in [1.29, 1.82) is 0 Å². The van der Waals surface area contributed by atoms with E-state index >= 15 is 0 Å². The number of piperazine rings is 1. The molecule has 0 amide bonds. The number of benzene rings is 1. The second-order valence-electron chi connectivity index (χ2n) is 5.57. The Labute approximate surface area is 120 Å². The average molecular weight is 270 g/mol. The van der Waals surface area contributed by atoms with Gasteiger partial charge in [0.25, 0.3) is 0 Å². The first-order valence-electron chi connectivity index (χ1n) is 7.25. The van der Waals surface area contributed by atoms with E-state index in [1.165, 1.54) is 16.7 Å². The molecule has 4 nitrogen and oxygen atoms in total. The van der Waals surface area contributed by atoms with Crippen LogP contribution < -0.4 is 5.32 Å². The summed E-state index contributed by atoms with van der Waals surface area (Å²) in [4.78, 5) is 2.49. The lowest BCUT2D eigenvalue weighted by Crippen LogP contribution is -2.42. The van der Waals surface area contributed by atoms with Gasteiger partial charge in [-0.05, 0) is 6.92 Å². The third-order valence-electron chi connectivity index (χ3n) is 3.83. The summed E-state index contributed by atoms with van der Waals surface area (Å²) in [5.74, 6) is 0. The van der Waals surface area contributed by atoms with Gasteiger partial charge in [-0.1, -0.05) is 29.8 Å². The third-order valence-corrected chi connectivity index (χ3v) is 3.83. The van der Waals surface area contributed by atoms with Crippen molar-refractivity contribution >= 4 is 0 Å². The van der Waals surface area contributed by atoms with E-state index < -0.39 is 0 Å². The van der Waals surface area contributed by atoms with Crippen molar-refractivity contribution in [2.24, 2.45) is 7.05 Å². The molecule has 1 aromatic carbocycles. The van der Waals surface area contributed by atoms with Crippen molar-refractivity contribution in [2.75, 3.05) is 26.2 Å². The maximum atomic E-state index is 4.65. The first kappa shape index (κ1) is 13.3. The van der Waals surface area contributed by atoms with E-state index in [0.717, 1.165) is 38.4 Å². The minimum absolute atomic E-state index is 0.985. The van der Waals surface area contributed by atoms with Crippen LogP contribution >= 0.6 is 0 Å². The SMILES string of the molecule is Cc1ccc(-c2nn(C)cc2CN2CCNCC2)cc1. The highest BCUT2D eigenvalue weighted by Crippen LogP contribution is 2.23. The third kappa shape index (κ3) is 2.92. The van der Waals surface area contributed by atoms with Crippen LogP contribution in [0.15, 0.2) is 30.5 Å². The molecule has 1 aliphatic heterocycles. The molecule has 0 radical (unpaired) electrons. The van der Waals surface area contributed by atoms with Crippen molar-refractivity contribution in [3.8, 4) is 11.3 Å². The van der Waals surface area contributed by atoms with Crippen molar-refractivity contribution in [1.82, 2.24) is 20.0 Å². The molecule has 2 heterocycles. The Morgan fingerprint density at radius 2 is 1.85 bits per heavy atom. The number of hydrogen-bond acceptors (Lipinski definition) is 3. The van der Waals surface area contributed by atoms with Crippen molar-refractivity contribution < 1.29 is 0 Å². The predicted molar refractivity (Wildman–Crippen MR) is 81.5 cm³/mol. The summed E-state index contributed by atoms with van der Waals surface area (Å²) in [7, 11) is 2.00. The molecule has 1 N–H and O–H groups in total. The van der Waals surface area contributed by atoms with Crippen molar-refractivity contribution in [3.05, 3.63) is 41.6 Å². The molecule has 20 heavy (non-hydrogen) atoms. The minimum atomic E-state index is 0.985. The smallest absolute Gasteiger partial charge is 0.0968 e. The fourth-order valence-electron chi connectivity index (χ4n) is 2.72. The Hall–Kier alpha value is -1.65. The van der Waals surface area contributed by atoms with E-state index in [0.29, 0.717) is 0 Å². The van der Waals surface area contributed by atoms with Crippen LogP contribution in [0.5, 0.6) is 0 Å². The lowest BCUT2D eigenvalue weighted by molar-refractivity contribution is 0.233. The molecule has 0 aliphatic carbocycles. The number of aryl methyl sites for hydroxylation is 2. The van der Waals surface area contributed by atoms with Crippen LogP contribution in [0.2, 0.25) is 0 Å². The van der Waals surface area contributed by atoms with Gasteiger partial charge in [0.2, 0.25) is 0 Å². The summed E-state index contributed by atoms with van der Waals surface area (Å²) in [5.41, 5.74) is 4.93. The summed E-state index contributed by atoms with van der Waals surface area (Å²) in [5, 5.41) is 8.05. The van der Waals surface area contributed by atoms with Crippen molar-refractivity contribution in [2.45, 2.75) is 13.5 Å². The molecule has 0 bridgehead atoms. The molecule has 1 aromatic heterocycles. The van der Waals surface area contributed by atoms with Gasteiger partial charge in [0.05, 0.1) is 5.69 Å². The van der Waals surface area contributed by atoms with Crippen LogP contribution in [0, 0.1) is 6.92 Å². The zero-order valence-electron chi connectivity index (χ0n) is 12.3. The highest BCUT2D eigenvalue weighted by molar-refractivity contribution is 5.63. The van der Waals surface area contributed by atoms with Gasteiger partial charge in [0, 0.05) is 57.1 Å². The Balaban J connectivity index is 1.85. The van der Waals surface area contributed by atoms with E-state index in [2.05, 4.69) is 52.7 Å². The van der Waals surface area contributed by atoms with Crippen LogP contribution in [0.25, 0.3) is 11.3 Å². The quantitative estimate of drug-likeness (QED) is 0.923. The molecule has 0 saturated carbocycles. The highest BCUT2D eigenvalue weighted by atomic mass is 15.3. The fraction of sp³-hybridized carbons (Fsp3) is 0.438. The van der Waals surface area contributed by atoms with Gasteiger partial charge in [-0.15, -0.1) is 0 Å². The summed E-state index contributed by atoms with van der Waals surface area (Å²) >= 11 is 0. The monoisotopic (exact) mass is 270 g/mol. The largest absolute Gasteiger partial charge is 0.314 e. The van der Waals surface area contributed by atoms with Crippen LogP contribution in [-0.2, 0) is 13.6 Å². The Morgan fingerprint density at radius 1 is 1.15 bits per heavy atom. The average Bonchev–Trinajstić information content (AvgIpc) is 2.81. The number of nitrogens with zero attached hydrogens (tertiary/aromatic N) is 3. The molecule has 1 aliphatic rings. The normalized spacial score (nSPS) is 16.5. The van der Waals surface area contributed by atoms with Crippen molar-refractivity contribution in [3.63, 3.8) is 0 Å². The fourth-order valence-corrected chi connectivity index (χ4v) is 2.72. The van der Waals surface area contributed by atoms with Crippen LogP contribution in [-0.4, -0.2) is 40.9 Å². The minimum Gasteiger partial charge on any atom is -0.314 e. The van der Waals surface area contributed by atoms with Gasteiger partial charge in [-0.2, -0.15) is 5.10 Å². The zero-order chi connectivity index (χ0) is 13.9. The van der Waals surface area contributed by atoms with Crippen LogP contribution in [0.1, 0.15) is 11.1 Å². The molecule has 2 aromatic rings. The first-order chi connectivity index (χ1) is 9.72. The molecule has 4 heteroatoms. The maximum absolute atomic E-state index is 4.65. The van der Waals surface area contributed by atoms with Gasteiger partial charge in [0.15, 0.2) is 0 Å². The van der Waals surface area contributed by atoms with Gasteiger partial charge in [-0.3, -0.25) is 9.58 Å². The molecular formula is C16H22N4. The lowest BCUT2D eigenvalue weighted by atomic mass is 10.1. The van der Waals surface area contributed by atoms with E-state index in [-0.39, 0.29) is 0 Å². The van der Waals surface area contributed by atoms with E-state index in [9.17, 15) is 0 Å². The lowest BCUT2D eigenvalue weighted by Gasteiger charge is -2.27. The first-order valence-corrected chi connectivity index (χ1v) is 7.25. The van der Waals surface area contributed by atoms with E-state index in [1.54, 1.807) is 0 Å². The Kier molecular flexibility index (Phi) is 3.85. The molecule has 0 unspecified atom stereocenters. The van der Waals surface area contributed by atoms with E-state index in [1.807, 2.05) is 11.7 Å². The highest BCUT2D eigenvalue weighted by Gasteiger charge is 2.15. The summed E-state index contributed by atoms with van der Waals surface area (Å²) < 4.78 is 1.92. The second kappa shape index (κ2) is 5.77. The zero-order valence-corrected chi connectivity index (χ0v) is 12.3. The maximum Gasteiger partial charge on any atom is 0.0968 e. The van der Waals surface area contributed by atoms with Gasteiger partial charge in [0.1, 0.15) is 0 Å². The molecule has 0 atom stereocenters. The number of nitrogens with one attached hydrogen (secondary N) is 1. The predicted octanol–water partition coefficient (Wildman–Crippen LogP) is 1.80. The Bertz CT molecular complexity index is 565. The molecular weight excluding hydrogens is 248 g/mol. The number of rotatable bonds is 3. The summed E-state index contributed by atoms with van der Waals surface area (Å²) in [6, 6.07) is 8.63. The second-order valence-corrected chi connectivity index (χ2v) is 5.57. The number of aromatic nitrogens is 2. The van der Waals surface area contributed by atoms with E-state index in [4.69, 9.17) is 0 Å². The number of hydrogen-bond donors (Lipinski definition) is 1. The molecule has 1 saturated heterocycles. The van der Waals surface area contributed by atoms with Crippen LogP contribution in [0.3, 0.4) is 0 Å². The molecule has 0 spiro atoms. The Morgan fingerprint density at radius 3 is 2.55 bits per heavy atom. The molecule has 1 fully saturated rings. The van der Waals surface area contributed by atoms with Gasteiger partial charge >= 0.3 is 0 Å². The molecule has 106 valence electrons. The molecule has 3 rings (SSSR count).